The fourth-order valence-electron chi connectivity index (χ4n) is 2.06. The molecule has 0 atom stereocenters. The normalized spacial score (nSPS) is 10.5. The number of carbonyl (C=O) groups excluding carboxylic acids is 2. The molecule has 1 aromatic rings. The summed E-state index contributed by atoms with van der Waals surface area (Å²) in [6, 6.07) is 3.11. The molecule has 0 aliphatic carbocycles. The van der Waals surface area contributed by atoms with Crippen LogP contribution < -0.4 is 20.1 Å². The molecule has 7 heteroatoms. The Morgan fingerprint density at radius 2 is 1.92 bits per heavy atom. The molecule has 0 spiro atoms. The molecule has 0 saturated carbocycles. The first-order valence-corrected chi connectivity index (χ1v) is 8.93. The smallest absolute Gasteiger partial charge is 0.251 e. The third kappa shape index (κ3) is 7.22. The Morgan fingerprint density at radius 1 is 1.20 bits per heavy atom. The van der Waals surface area contributed by atoms with Gasteiger partial charge in [0.2, 0.25) is 5.91 Å². The van der Waals surface area contributed by atoms with E-state index in [0.29, 0.717) is 35.3 Å². The maximum absolute atomic E-state index is 12.3. The van der Waals surface area contributed by atoms with Crippen molar-refractivity contribution < 1.29 is 19.1 Å². The lowest BCUT2D eigenvalue weighted by atomic mass is 10.2. The highest BCUT2D eigenvalue weighted by molar-refractivity contribution is 6.32. The third-order valence-corrected chi connectivity index (χ3v) is 3.46. The number of carbonyl (C=O) groups is 2. The molecule has 0 aliphatic heterocycles. The Morgan fingerprint density at radius 3 is 2.52 bits per heavy atom. The zero-order valence-electron chi connectivity index (χ0n) is 15.3. The summed E-state index contributed by atoms with van der Waals surface area (Å²) in [5.41, 5.74) is 0.314. The summed E-state index contributed by atoms with van der Waals surface area (Å²) >= 11 is 6.26. The van der Waals surface area contributed by atoms with Crippen molar-refractivity contribution >= 4 is 23.4 Å². The second-order valence-electron chi connectivity index (χ2n) is 5.83. The van der Waals surface area contributed by atoms with E-state index in [1.807, 2.05) is 20.8 Å². The largest absolute Gasteiger partial charge is 0.490 e. The number of rotatable bonds is 10. The zero-order chi connectivity index (χ0) is 18.8. The van der Waals surface area contributed by atoms with E-state index in [1.54, 1.807) is 6.07 Å². The molecule has 0 saturated heterocycles. The minimum absolute atomic E-state index is 0.0166. The molecule has 0 aliphatic rings. The van der Waals surface area contributed by atoms with E-state index in [4.69, 9.17) is 21.1 Å². The highest BCUT2D eigenvalue weighted by Gasteiger charge is 2.17. The lowest BCUT2D eigenvalue weighted by Gasteiger charge is -2.15. The minimum atomic E-state index is -0.401. The van der Waals surface area contributed by atoms with Crippen molar-refractivity contribution in [3.05, 3.63) is 22.7 Å². The van der Waals surface area contributed by atoms with Gasteiger partial charge < -0.3 is 20.1 Å². The lowest BCUT2D eigenvalue weighted by Crippen LogP contribution is -2.39. The van der Waals surface area contributed by atoms with Gasteiger partial charge in [-0.25, -0.2) is 0 Å². The summed E-state index contributed by atoms with van der Waals surface area (Å²) in [6.07, 6.45) is 1.90. The average Bonchev–Trinajstić information content (AvgIpc) is 2.54. The highest BCUT2D eigenvalue weighted by Crippen LogP contribution is 2.36. The van der Waals surface area contributed by atoms with Gasteiger partial charge >= 0.3 is 0 Å². The number of ether oxygens (including phenoxy) is 2. The Kier molecular flexibility index (Phi) is 9.13. The van der Waals surface area contributed by atoms with Gasteiger partial charge in [0, 0.05) is 11.6 Å². The van der Waals surface area contributed by atoms with E-state index >= 15 is 0 Å². The van der Waals surface area contributed by atoms with Crippen molar-refractivity contribution in [1.82, 2.24) is 10.6 Å². The molecule has 0 aromatic heterocycles. The molecule has 140 valence electrons. The SMILES string of the molecule is CCCCOc1c(Cl)cc(C(=O)NCC(=O)NC(C)C)cc1OCC. The molecule has 1 aromatic carbocycles. The maximum atomic E-state index is 12.3. The van der Waals surface area contributed by atoms with E-state index in [-0.39, 0.29) is 18.5 Å². The Bertz CT molecular complexity index is 591. The van der Waals surface area contributed by atoms with Crippen LogP contribution in [0.3, 0.4) is 0 Å². The second-order valence-corrected chi connectivity index (χ2v) is 6.23. The number of unbranched alkanes of at least 4 members (excludes halogenated alkanes) is 1. The Balaban J connectivity index is 2.85. The predicted molar refractivity (Wildman–Crippen MR) is 98.6 cm³/mol. The van der Waals surface area contributed by atoms with Crippen LogP contribution in [0, 0.1) is 0 Å². The van der Waals surface area contributed by atoms with Crippen LogP contribution in [-0.4, -0.2) is 37.6 Å². The summed E-state index contributed by atoms with van der Waals surface area (Å²) in [5.74, 6) is 0.204. The number of amides is 2. The molecule has 6 nitrogen and oxygen atoms in total. The molecule has 0 unspecified atom stereocenters. The summed E-state index contributed by atoms with van der Waals surface area (Å²) in [4.78, 5) is 23.9. The van der Waals surface area contributed by atoms with Gasteiger partial charge in [0.25, 0.3) is 5.91 Å². The molecule has 0 fully saturated rings. The summed E-state index contributed by atoms with van der Waals surface area (Å²) in [7, 11) is 0. The highest BCUT2D eigenvalue weighted by atomic mass is 35.5. The van der Waals surface area contributed by atoms with Gasteiger partial charge in [-0.3, -0.25) is 9.59 Å². The van der Waals surface area contributed by atoms with Crippen LogP contribution in [-0.2, 0) is 4.79 Å². The van der Waals surface area contributed by atoms with Crippen molar-refractivity contribution in [2.75, 3.05) is 19.8 Å². The average molecular weight is 371 g/mol. The van der Waals surface area contributed by atoms with Gasteiger partial charge in [0.1, 0.15) is 0 Å². The zero-order valence-corrected chi connectivity index (χ0v) is 16.0. The Hall–Kier alpha value is -1.95. The van der Waals surface area contributed by atoms with Gasteiger partial charge in [-0.1, -0.05) is 24.9 Å². The van der Waals surface area contributed by atoms with Crippen molar-refractivity contribution in [3.63, 3.8) is 0 Å². The fourth-order valence-corrected chi connectivity index (χ4v) is 2.32. The summed E-state index contributed by atoms with van der Waals surface area (Å²) < 4.78 is 11.2. The van der Waals surface area contributed by atoms with Gasteiger partial charge in [0.15, 0.2) is 11.5 Å². The molecule has 25 heavy (non-hydrogen) atoms. The molecule has 0 bridgehead atoms. The van der Waals surface area contributed by atoms with Crippen molar-refractivity contribution in [1.29, 1.82) is 0 Å². The molecule has 0 heterocycles. The van der Waals surface area contributed by atoms with E-state index in [1.165, 1.54) is 6.07 Å². The van der Waals surface area contributed by atoms with Crippen molar-refractivity contribution in [2.24, 2.45) is 0 Å². The van der Waals surface area contributed by atoms with E-state index in [0.717, 1.165) is 12.8 Å². The third-order valence-electron chi connectivity index (χ3n) is 3.18. The number of hydrogen-bond donors (Lipinski definition) is 2. The first kappa shape index (κ1) is 21.1. The monoisotopic (exact) mass is 370 g/mol. The maximum Gasteiger partial charge on any atom is 0.251 e. The van der Waals surface area contributed by atoms with Crippen LogP contribution in [0.4, 0.5) is 0 Å². The van der Waals surface area contributed by atoms with Gasteiger partial charge in [-0.15, -0.1) is 0 Å². The lowest BCUT2D eigenvalue weighted by molar-refractivity contribution is -0.120. The molecule has 1 rings (SSSR count). The summed E-state index contributed by atoms with van der Waals surface area (Å²) in [5, 5.41) is 5.58. The fraction of sp³-hybridized carbons (Fsp3) is 0.556. The van der Waals surface area contributed by atoms with E-state index in [9.17, 15) is 9.59 Å². The van der Waals surface area contributed by atoms with Crippen LogP contribution in [0.15, 0.2) is 12.1 Å². The molecule has 0 radical (unpaired) electrons. The number of benzene rings is 1. The van der Waals surface area contributed by atoms with Crippen LogP contribution in [0.2, 0.25) is 5.02 Å². The number of hydrogen-bond acceptors (Lipinski definition) is 4. The van der Waals surface area contributed by atoms with Crippen LogP contribution >= 0.6 is 11.6 Å². The molecular formula is C18H27ClN2O4. The first-order valence-electron chi connectivity index (χ1n) is 8.55. The standard InChI is InChI=1S/C18H27ClN2O4/c1-5-7-8-25-17-14(19)9-13(10-15(17)24-6-2)18(23)20-11-16(22)21-12(3)4/h9-10,12H,5-8,11H2,1-4H3,(H,20,23)(H,21,22). The predicted octanol–water partition coefficient (Wildman–Crippen LogP) is 3.17. The van der Waals surface area contributed by atoms with Crippen LogP contribution in [0.5, 0.6) is 11.5 Å². The van der Waals surface area contributed by atoms with Gasteiger partial charge in [-0.2, -0.15) is 0 Å². The second kappa shape index (κ2) is 10.8. The van der Waals surface area contributed by atoms with Crippen LogP contribution in [0.25, 0.3) is 0 Å². The molecule has 2 N–H and O–H groups in total. The number of nitrogens with one attached hydrogen (secondary N) is 2. The van der Waals surface area contributed by atoms with Crippen molar-refractivity contribution in [2.45, 2.75) is 46.6 Å². The van der Waals surface area contributed by atoms with Gasteiger partial charge in [-0.05, 0) is 39.3 Å². The van der Waals surface area contributed by atoms with Crippen molar-refractivity contribution in [3.8, 4) is 11.5 Å². The first-order chi connectivity index (χ1) is 11.9. The quantitative estimate of drug-likeness (QED) is 0.620. The topological polar surface area (TPSA) is 76.7 Å². The minimum Gasteiger partial charge on any atom is -0.490 e. The molecular weight excluding hydrogens is 344 g/mol. The van der Waals surface area contributed by atoms with Gasteiger partial charge in [0.05, 0.1) is 24.8 Å². The van der Waals surface area contributed by atoms with Crippen LogP contribution in [0.1, 0.15) is 50.9 Å². The van der Waals surface area contributed by atoms with E-state index < -0.39 is 5.91 Å². The summed E-state index contributed by atoms with van der Waals surface area (Å²) in [6.45, 7) is 8.45. The van der Waals surface area contributed by atoms with E-state index in [2.05, 4.69) is 17.6 Å². The Labute approximate surface area is 154 Å². The number of halogens is 1. The molecule has 2 amide bonds.